The van der Waals surface area contributed by atoms with Gasteiger partial charge in [0.25, 0.3) is 0 Å². The van der Waals surface area contributed by atoms with Crippen molar-refractivity contribution < 1.29 is 4.79 Å². The molecule has 1 aromatic heterocycles. The average molecular weight is 538 g/mol. The third-order valence-electron chi connectivity index (χ3n) is 7.42. The number of nitrogens with one attached hydrogen (secondary N) is 1. The number of rotatable bonds is 20. The molecule has 0 aliphatic rings. The van der Waals surface area contributed by atoms with E-state index in [2.05, 4.69) is 35.0 Å². The van der Waals surface area contributed by atoms with E-state index < -0.39 is 0 Å². The zero-order chi connectivity index (χ0) is 26.8. The van der Waals surface area contributed by atoms with E-state index in [9.17, 15) is 4.79 Å². The van der Waals surface area contributed by atoms with Crippen LogP contribution in [0.1, 0.15) is 108 Å². The summed E-state index contributed by atoms with van der Waals surface area (Å²) in [4.78, 5) is 17.3. The maximum atomic E-state index is 12.4. The van der Waals surface area contributed by atoms with E-state index in [0.717, 1.165) is 29.9 Å². The maximum absolute atomic E-state index is 12.4. The third-order valence-corrected chi connectivity index (χ3v) is 7.67. The van der Waals surface area contributed by atoms with E-state index in [0.29, 0.717) is 18.0 Å². The molecule has 0 atom stereocenters. The maximum Gasteiger partial charge on any atom is 0.224 e. The monoisotopic (exact) mass is 537 g/mol. The Balaban J connectivity index is 1.32. The second-order valence-corrected chi connectivity index (χ2v) is 11.1. The zero-order valence-electron chi connectivity index (χ0n) is 23.5. The van der Waals surface area contributed by atoms with Crippen LogP contribution >= 0.6 is 11.6 Å². The van der Waals surface area contributed by atoms with Gasteiger partial charge in [0.1, 0.15) is 5.82 Å². The van der Waals surface area contributed by atoms with Crippen molar-refractivity contribution in [1.82, 2.24) is 14.9 Å². The van der Waals surface area contributed by atoms with E-state index in [1.54, 1.807) is 0 Å². The van der Waals surface area contributed by atoms with Crippen LogP contribution in [0.3, 0.4) is 0 Å². The van der Waals surface area contributed by atoms with Crippen LogP contribution in [0.2, 0.25) is 5.02 Å². The van der Waals surface area contributed by atoms with Gasteiger partial charge in [0.2, 0.25) is 5.91 Å². The SMILES string of the molecule is CCCCCCCCCCCCCCCCn1c(CCNC(=O)Cc2ccc(Cl)cc2)nc2ccccc21. The molecule has 2 aromatic carbocycles. The molecule has 38 heavy (non-hydrogen) atoms. The number of amides is 1. The summed E-state index contributed by atoms with van der Waals surface area (Å²) in [5.41, 5.74) is 3.21. The molecule has 3 rings (SSSR count). The van der Waals surface area contributed by atoms with Gasteiger partial charge in [-0.25, -0.2) is 4.98 Å². The highest BCUT2D eigenvalue weighted by atomic mass is 35.5. The molecule has 0 aliphatic heterocycles. The fraction of sp³-hybridized carbons (Fsp3) is 0.576. The van der Waals surface area contributed by atoms with E-state index in [4.69, 9.17) is 16.6 Å². The minimum Gasteiger partial charge on any atom is -0.355 e. The second-order valence-electron chi connectivity index (χ2n) is 10.7. The fourth-order valence-electron chi connectivity index (χ4n) is 5.19. The highest BCUT2D eigenvalue weighted by molar-refractivity contribution is 6.30. The first-order valence-corrected chi connectivity index (χ1v) is 15.5. The van der Waals surface area contributed by atoms with Crippen molar-refractivity contribution in [2.75, 3.05) is 6.54 Å². The van der Waals surface area contributed by atoms with Gasteiger partial charge >= 0.3 is 0 Å². The van der Waals surface area contributed by atoms with Crippen LogP contribution in [0, 0.1) is 0 Å². The number of hydrogen-bond donors (Lipinski definition) is 1. The number of halogens is 1. The average Bonchev–Trinajstić information content (AvgIpc) is 3.27. The first-order valence-electron chi connectivity index (χ1n) is 15.1. The first kappa shape index (κ1) is 30.2. The van der Waals surface area contributed by atoms with Crippen LogP contribution in [-0.4, -0.2) is 22.0 Å². The van der Waals surface area contributed by atoms with Crippen molar-refractivity contribution >= 4 is 28.5 Å². The quantitative estimate of drug-likeness (QED) is 0.146. The largest absolute Gasteiger partial charge is 0.355 e. The van der Waals surface area contributed by atoms with Crippen molar-refractivity contribution in [3.05, 3.63) is 64.9 Å². The summed E-state index contributed by atoms with van der Waals surface area (Å²) < 4.78 is 2.36. The summed E-state index contributed by atoms with van der Waals surface area (Å²) in [7, 11) is 0. The molecule has 1 N–H and O–H groups in total. The number of fused-ring (bicyclic) bond motifs is 1. The van der Waals surface area contributed by atoms with Crippen molar-refractivity contribution in [2.45, 2.75) is 116 Å². The van der Waals surface area contributed by atoms with Gasteiger partial charge in [-0.15, -0.1) is 0 Å². The number of para-hydroxylation sites is 2. The minimum absolute atomic E-state index is 0.0296. The number of carbonyl (C=O) groups excluding carboxylic acids is 1. The van der Waals surface area contributed by atoms with Gasteiger partial charge in [0.15, 0.2) is 0 Å². The van der Waals surface area contributed by atoms with Crippen LogP contribution in [0.5, 0.6) is 0 Å². The lowest BCUT2D eigenvalue weighted by atomic mass is 10.0. The van der Waals surface area contributed by atoms with E-state index in [-0.39, 0.29) is 5.91 Å². The smallest absolute Gasteiger partial charge is 0.224 e. The van der Waals surface area contributed by atoms with Crippen LogP contribution in [-0.2, 0) is 24.2 Å². The minimum atomic E-state index is 0.0296. The van der Waals surface area contributed by atoms with Crippen molar-refractivity contribution in [3.63, 3.8) is 0 Å². The van der Waals surface area contributed by atoms with Gasteiger partial charge < -0.3 is 9.88 Å². The Morgan fingerprint density at radius 2 is 1.37 bits per heavy atom. The molecule has 3 aromatic rings. The van der Waals surface area contributed by atoms with Crippen LogP contribution < -0.4 is 5.32 Å². The van der Waals surface area contributed by atoms with Crippen molar-refractivity contribution in [3.8, 4) is 0 Å². The summed E-state index contributed by atoms with van der Waals surface area (Å²) in [6, 6.07) is 15.8. The number of nitrogens with zero attached hydrogens (tertiary/aromatic N) is 2. The van der Waals surface area contributed by atoms with Gasteiger partial charge in [0, 0.05) is 24.5 Å². The second kappa shape index (κ2) is 18.0. The van der Waals surface area contributed by atoms with Crippen LogP contribution in [0.25, 0.3) is 11.0 Å². The number of carbonyl (C=O) groups is 1. The summed E-state index contributed by atoms with van der Waals surface area (Å²) in [5, 5.41) is 3.75. The molecule has 4 nitrogen and oxygen atoms in total. The Labute approximate surface area is 235 Å². The molecule has 0 saturated carbocycles. The summed E-state index contributed by atoms with van der Waals surface area (Å²) in [6.07, 6.45) is 20.3. The van der Waals surface area contributed by atoms with Gasteiger partial charge in [-0.2, -0.15) is 0 Å². The zero-order valence-corrected chi connectivity index (χ0v) is 24.3. The molecule has 0 bridgehead atoms. The molecule has 0 spiro atoms. The predicted molar refractivity (Wildman–Crippen MR) is 162 cm³/mol. The molecule has 5 heteroatoms. The van der Waals surface area contributed by atoms with Gasteiger partial charge in [-0.05, 0) is 36.2 Å². The van der Waals surface area contributed by atoms with E-state index in [1.807, 2.05) is 30.3 Å². The lowest BCUT2D eigenvalue weighted by molar-refractivity contribution is -0.120. The molecule has 0 radical (unpaired) electrons. The van der Waals surface area contributed by atoms with Gasteiger partial charge in [-0.3, -0.25) is 4.79 Å². The summed E-state index contributed by atoms with van der Waals surface area (Å²) in [5.74, 6) is 1.09. The van der Waals surface area contributed by atoms with Crippen LogP contribution in [0.4, 0.5) is 0 Å². The van der Waals surface area contributed by atoms with Crippen molar-refractivity contribution in [1.29, 1.82) is 0 Å². The number of imidazole rings is 1. The number of unbranched alkanes of at least 4 members (excludes halogenated alkanes) is 13. The Kier molecular flexibility index (Phi) is 14.3. The van der Waals surface area contributed by atoms with E-state index in [1.165, 1.54) is 95.4 Å². The molecular formula is C33H48ClN3O. The molecule has 0 fully saturated rings. The first-order chi connectivity index (χ1) is 18.7. The molecule has 1 heterocycles. The lowest BCUT2D eigenvalue weighted by Gasteiger charge is -2.10. The van der Waals surface area contributed by atoms with Crippen LogP contribution in [0.15, 0.2) is 48.5 Å². The Morgan fingerprint density at radius 3 is 2.00 bits per heavy atom. The molecule has 1 amide bonds. The Hall–Kier alpha value is -2.33. The standard InChI is InChI=1S/C33H48ClN3O/c1-2-3-4-5-6-7-8-9-10-11-12-13-14-17-26-37-31-19-16-15-18-30(31)36-32(37)24-25-35-33(38)27-28-20-22-29(34)23-21-28/h15-16,18-23H,2-14,17,24-27H2,1H3,(H,35,38). The number of benzene rings is 2. The number of hydrogen-bond acceptors (Lipinski definition) is 2. The normalized spacial score (nSPS) is 11.3. The molecular weight excluding hydrogens is 490 g/mol. The van der Waals surface area contributed by atoms with Crippen molar-refractivity contribution in [2.24, 2.45) is 0 Å². The lowest BCUT2D eigenvalue weighted by Crippen LogP contribution is -2.28. The molecule has 0 unspecified atom stereocenters. The van der Waals surface area contributed by atoms with E-state index >= 15 is 0 Å². The third kappa shape index (κ3) is 11.2. The number of aryl methyl sites for hydroxylation is 1. The number of aromatic nitrogens is 2. The highest BCUT2D eigenvalue weighted by Crippen LogP contribution is 2.19. The molecule has 0 aliphatic carbocycles. The Bertz CT molecular complexity index is 1060. The highest BCUT2D eigenvalue weighted by Gasteiger charge is 2.11. The predicted octanol–water partition coefficient (Wildman–Crippen LogP) is 9.07. The Morgan fingerprint density at radius 1 is 0.789 bits per heavy atom. The topological polar surface area (TPSA) is 46.9 Å². The molecule has 0 saturated heterocycles. The molecule has 208 valence electrons. The van der Waals surface area contributed by atoms with Gasteiger partial charge in [-0.1, -0.05) is 126 Å². The van der Waals surface area contributed by atoms with Gasteiger partial charge in [0.05, 0.1) is 17.5 Å². The summed E-state index contributed by atoms with van der Waals surface area (Å²) >= 11 is 5.94. The summed E-state index contributed by atoms with van der Waals surface area (Å²) in [6.45, 7) is 3.87. The fourth-order valence-corrected chi connectivity index (χ4v) is 5.32.